The van der Waals surface area contributed by atoms with Crippen LogP contribution in [0.4, 0.5) is 0 Å². The van der Waals surface area contributed by atoms with Gasteiger partial charge in [-0.05, 0) is 32.9 Å². The van der Waals surface area contributed by atoms with Gasteiger partial charge in [0.05, 0.1) is 6.04 Å². The molecule has 1 saturated carbocycles. The molecular weight excluding hydrogens is 242 g/mol. The quantitative estimate of drug-likeness (QED) is 0.842. The molecule has 1 aromatic heterocycles. The maximum atomic E-state index is 6.08. The highest BCUT2D eigenvalue weighted by Crippen LogP contribution is 2.38. The smallest absolute Gasteiger partial charge is 0.243 e. The molecule has 2 aliphatic rings. The molecule has 0 radical (unpaired) electrons. The molecule has 0 amide bonds. The summed E-state index contributed by atoms with van der Waals surface area (Å²) < 4.78 is 5.31. The van der Waals surface area contributed by atoms with E-state index in [1.165, 1.54) is 12.8 Å². The van der Waals surface area contributed by atoms with Gasteiger partial charge in [-0.3, -0.25) is 0 Å². The van der Waals surface area contributed by atoms with Gasteiger partial charge >= 0.3 is 0 Å². The lowest BCUT2D eigenvalue weighted by molar-refractivity contribution is 0.113. The van der Waals surface area contributed by atoms with E-state index in [1.807, 2.05) is 0 Å². The number of nitrogens with two attached hydrogens (primary N) is 1. The first-order valence-electron chi connectivity index (χ1n) is 7.10. The van der Waals surface area contributed by atoms with Crippen LogP contribution < -0.4 is 5.73 Å². The van der Waals surface area contributed by atoms with Crippen molar-refractivity contribution in [1.82, 2.24) is 19.9 Å². The fourth-order valence-electron chi connectivity index (χ4n) is 2.68. The molecule has 2 unspecified atom stereocenters. The van der Waals surface area contributed by atoms with E-state index in [0.29, 0.717) is 17.9 Å². The summed E-state index contributed by atoms with van der Waals surface area (Å²) in [6.07, 6.45) is 3.21. The monoisotopic (exact) mass is 265 g/mol. The Morgan fingerprint density at radius 2 is 2.16 bits per heavy atom. The second-order valence-corrected chi connectivity index (χ2v) is 6.01. The lowest BCUT2D eigenvalue weighted by Crippen LogP contribution is -2.50. The molecule has 1 aliphatic heterocycles. The van der Waals surface area contributed by atoms with Gasteiger partial charge < -0.3 is 20.1 Å². The lowest BCUT2D eigenvalue weighted by Gasteiger charge is -2.37. The molecule has 0 aromatic carbocycles. The molecule has 0 spiro atoms. The van der Waals surface area contributed by atoms with Crippen LogP contribution in [0.25, 0.3) is 0 Å². The van der Waals surface area contributed by atoms with Crippen LogP contribution in [0.2, 0.25) is 0 Å². The second kappa shape index (κ2) is 5.19. The first kappa shape index (κ1) is 13.0. The lowest BCUT2D eigenvalue weighted by atomic mass is 10.1. The predicted octanol–water partition coefficient (Wildman–Crippen LogP) is 0.268. The van der Waals surface area contributed by atoms with Crippen LogP contribution in [-0.2, 0) is 6.42 Å². The summed E-state index contributed by atoms with van der Waals surface area (Å²) in [5.41, 5.74) is 6.08. The fourth-order valence-corrected chi connectivity index (χ4v) is 2.68. The average Bonchev–Trinajstić information content (AvgIpc) is 3.13. The van der Waals surface area contributed by atoms with Gasteiger partial charge in [0.25, 0.3) is 0 Å². The molecule has 6 nitrogen and oxygen atoms in total. The Morgan fingerprint density at radius 1 is 1.37 bits per heavy atom. The van der Waals surface area contributed by atoms with Crippen molar-refractivity contribution in [1.29, 1.82) is 0 Å². The van der Waals surface area contributed by atoms with Crippen LogP contribution in [0.15, 0.2) is 4.52 Å². The normalized spacial score (nSPS) is 27.6. The van der Waals surface area contributed by atoms with Gasteiger partial charge in [-0.25, -0.2) is 0 Å². The van der Waals surface area contributed by atoms with Crippen LogP contribution in [0, 0.1) is 5.92 Å². The number of aromatic nitrogens is 2. The van der Waals surface area contributed by atoms with E-state index in [0.717, 1.165) is 31.9 Å². The molecule has 2 N–H and O–H groups in total. The summed E-state index contributed by atoms with van der Waals surface area (Å²) >= 11 is 0. The second-order valence-electron chi connectivity index (χ2n) is 6.01. The molecule has 2 atom stereocenters. The van der Waals surface area contributed by atoms with E-state index in [9.17, 15) is 0 Å². The van der Waals surface area contributed by atoms with Gasteiger partial charge in [0.2, 0.25) is 5.89 Å². The molecule has 19 heavy (non-hydrogen) atoms. The van der Waals surface area contributed by atoms with E-state index in [-0.39, 0.29) is 6.04 Å². The number of piperazine rings is 1. The van der Waals surface area contributed by atoms with Crippen LogP contribution >= 0.6 is 0 Å². The summed E-state index contributed by atoms with van der Waals surface area (Å²) in [7, 11) is 4.32. The van der Waals surface area contributed by atoms with Crippen molar-refractivity contribution < 1.29 is 4.52 Å². The highest BCUT2D eigenvalue weighted by atomic mass is 16.5. The van der Waals surface area contributed by atoms with E-state index < -0.39 is 0 Å². The standard InChI is InChI=1S/C13H23N5O/c1-17-5-6-18(2)10(8-17)7-11-15-13(19-16-11)12(14)9-3-4-9/h9-10,12H,3-8,14H2,1-2H3. The van der Waals surface area contributed by atoms with Crippen LogP contribution in [0.1, 0.15) is 30.6 Å². The first-order valence-corrected chi connectivity index (χ1v) is 7.10. The maximum Gasteiger partial charge on any atom is 0.243 e. The van der Waals surface area contributed by atoms with Gasteiger partial charge in [0.1, 0.15) is 0 Å². The van der Waals surface area contributed by atoms with E-state index in [2.05, 4.69) is 34.0 Å². The molecule has 2 fully saturated rings. The molecule has 1 aliphatic carbocycles. The van der Waals surface area contributed by atoms with Crippen molar-refractivity contribution in [3.8, 4) is 0 Å². The number of likely N-dealkylation sites (N-methyl/N-ethyl adjacent to an activating group) is 2. The van der Waals surface area contributed by atoms with Crippen molar-refractivity contribution >= 4 is 0 Å². The average molecular weight is 265 g/mol. The minimum atomic E-state index is -0.0620. The van der Waals surface area contributed by atoms with Crippen molar-refractivity contribution in [2.75, 3.05) is 33.7 Å². The third-order valence-corrected chi connectivity index (χ3v) is 4.30. The Hall–Kier alpha value is -0.980. The Bertz CT molecular complexity index is 430. The van der Waals surface area contributed by atoms with Gasteiger partial charge in [0, 0.05) is 32.1 Å². The van der Waals surface area contributed by atoms with Crippen molar-refractivity contribution in [2.24, 2.45) is 11.7 Å². The summed E-state index contributed by atoms with van der Waals surface area (Å²) in [6, 6.07) is 0.398. The van der Waals surface area contributed by atoms with Crippen LogP contribution in [0.3, 0.4) is 0 Å². The maximum absolute atomic E-state index is 6.08. The molecule has 6 heteroatoms. The van der Waals surface area contributed by atoms with Gasteiger partial charge in [-0.1, -0.05) is 5.16 Å². The summed E-state index contributed by atoms with van der Waals surface area (Å²) in [4.78, 5) is 9.20. The Morgan fingerprint density at radius 3 is 2.89 bits per heavy atom. The van der Waals surface area contributed by atoms with Gasteiger partial charge in [-0.2, -0.15) is 4.98 Å². The Balaban J connectivity index is 1.62. The third kappa shape index (κ3) is 2.96. The fraction of sp³-hybridized carbons (Fsp3) is 0.846. The SMILES string of the molecule is CN1CCN(C)C(Cc2noc(C(N)C3CC3)n2)C1. The molecule has 1 aromatic rings. The first-order chi connectivity index (χ1) is 9.13. The number of rotatable bonds is 4. The van der Waals surface area contributed by atoms with Crippen LogP contribution in [0.5, 0.6) is 0 Å². The minimum absolute atomic E-state index is 0.0620. The number of hydrogen-bond acceptors (Lipinski definition) is 6. The van der Waals surface area contributed by atoms with E-state index in [4.69, 9.17) is 10.3 Å². The zero-order chi connectivity index (χ0) is 13.4. The zero-order valence-electron chi connectivity index (χ0n) is 11.7. The van der Waals surface area contributed by atoms with E-state index in [1.54, 1.807) is 0 Å². The Kier molecular flexibility index (Phi) is 3.56. The molecule has 106 valence electrons. The zero-order valence-corrected chi connectivity index (χ0v) is 11.7. The minimum Gasteiger partial charge on any atom is -0.338 e. The van der Waals surface area contributed by atoms with Crippen LogP contribution in [-0.4, -0.2) is 59.7 Å². The molecule has 0 bridgehead atoms. The summed E-state index contributed by atoms with van der Waals surface area (Å²) in [6.45, 7) is 3.26. The van der Waals surface area contributed by atoms with Gasteiger partial charge in [-0.15, -0.1) is 0 Å². The van der Waals surface area contributed by atoms with Gasteiger partial charge in [0.15, 0.2) is 5.82 Å². The largest absolute Gasteiger partial charge is 0.338 e. The summed E-state index contributed by atoms with van der Waals surface area (Å²) in [5, 5.41) is 4.09. The highest BCUT2D eigenvalue weighted by Gasteiger charge is 2.33. The van der Waals surface area contributed by atoms with Crippen molar-refractivity contribution in [3.05, 3.63) is 11.7 Å². The topological polar surface area (TPSA) is 71.4 Å². The van der Waals surface area contributed by atoms with E-state index >= 15 is 0 Å². The number of nitrogens with zero attached hydrogens (tertiary/aromatic N) is 4. The molecule has 2 heterocycles. The molecular formula is C13H23N5O. The Labute approximate surface area is 113 Å². The van der Waals surface area contributed by atoms with Crippen molar-refractivity contribution in [2.45, 2.75) is 31.3 Å². The number of hydrogen-bond donors (Lipinski definition) is 1. The highest BCUT2D eigenvalue weighted by molar-refractivity contribution is 5.00. The predicted molar refractivity (Wildman–Crippen MR) is 71.6 cm³/mol. The molecule has 3 rings (SSSR count). The summed E-state index contributed by atoms with van der Waals surface area (Å²) in [5.74, 6) is 1.96. The van der Waals surface area contributed by atoms with Crippen molar-refractivity contribution in [3.63, 3.8) is 0 Å². The molecule has 1 saturated heterocycles. The third-order valence-electron chi connectivity index (χ3n) is 4.30.